The molecule has 2 aliphatic rings. The molecule has 2 aromatic carbocycles. The summed E-state index contributed by atoms with van der Waals surface area (Å²) < 4.78 is 64.1. The van der Waals surface area contributed by atoms with Gasteiger partial charge in [0.2, 0.25) is 5.82 Å². The van der Waals surface area contributed by atoms with E-state index in [9.17, 15) is 8.78 Å². The quantitative estimate of drug-likeness (QED) is 0.324. The van der Waals surface area contributed by atoms with E-state index in [0.717, 1.165) is 38.5 Å². The summed E-state index contributed by atoms with van der Waals surface area (Å²) in [5.41, 5.74) is -0.289. The molecule has 2 aromatic rings. The van der Waals surface area contributed by atoms with Gasteiger partial charge < -0.3 is 4.74 Å². The predicted molar refractivity (Wildman–Crippen MR) is 119 cm³/mol. The maximum Gasteiger partial charge on any atom is 0.201 e. The van der Waals surface area contributed by atoms with Crippen LogP contribution >= 0.6 is 0 Å². The number of hydrogen-bond donors (Lipinski definition) is 0. The highest BCUT2D eigenvalue weighted by Crippen LogP contribution is 2.48. The van der Waals surface area contributed by atoms with Gasteiger partial charge in [0.25, 0.3) is 0 Å². The minimum atomic E-state index is -1.27. The maximum absolute atomic E-state index is 15.1. The fraction of sp³-hybridized carbons (Fsp3) is 0.407. The van der Waals surface area contributed by atoms with Crippen molar-refractivity contribution in [1.29, 1.82) is 0 Å². The molecule has 0 heterocycles. The standard InChI is InChI=1S/C27H28F4O/c1-3-13-32-23-12-11-22(26(30)27(23)31)21-10-9-20(24(28)25(21)29)19-8-7-17-14-16(4-2)5-6-18(17)15-19/h3-4,9-12,16-19H,1-2,5-8,13-15H2. The Morgan fingerprint density at radius 2 is 1.44 bits per heavy atom. The fourth-order valence-electron chi connectivity index (χ4n) is 5.51. The molecular weight excluding hydrogens is 416 g/mol. The molecule has 5 heteroatoms. The molecule has 0 bridgehead atoms. The normalized spacial score (nSPS) is 25.1. The molecule has 4 rings (SSSR count). The Balaban J connectivity index is 1.58. The zero-order valence-corrected chi connectivity index (χ0v) is 18.1. The van der Waals surface area contributed by atoms with E-state index in [0.29, 0.717) is 23.3 Å². The van der Waals surface area contributed by atoms with Crippen LogP contribution < -0.4 is 4.74 Å². The molecule has 2 fully saturated rings. The molecule has 0 aromatic heterocycles. The topological polar surface area (TPSA) is 9.23 Å². The summed E-state index contributed by atoms with van der Waals surface area (Å²) in [4.78, 5) is 0. The number of benzene rings is 2. The molecule has 0 radical (unpaired) electrons. The van der Waals surface area contributed by atoms with E-state index in [-0.39, 0.29) is 29.4 Å². The van der Waals surface area contributed by atoms with Crippen molar-refractivity contribution in [3.63, 3.8) is 0 Å². The van der Waals surface area contributed by atoms with Crippen LogP contribution in [-0.4, -0.2) is 6.61 Å². The number of halogens is 4. The van der Waals surface area contributed by atoms with Crippen molar-refractivity contribution in [2.24, 2.45) is 17.8 Å². The molecule has 170 valence electrons. The molecule has 4 unspecified atom stereocenters. The zero-order chi connectivity index (χ0) is 22.8. The SMILES string of the molecule is C=CCOc1ccc(-c2ccc(C3CCC4CC(C=C)CCC4C3)c(F)c2F)c(F)c1F. The van der Waals surface area contributed by atoms with E-state index in [1.54, 1.807) is 0 Å². The first kappa shape index (κ1) is 22.6. The van der Waals surface area contributed by atoms with Gasteiger partial charge in [-0.1, -0.05) is 30.9 Å². The van der Waals surface area contributed by atoms with E-state index in [1.165, 1.54) is 30.3 Å². The molecule has 1 nitrogen and oxygen atoms in total. The van der Waals surface area contributed by atoms with Gasteiger partial charge in [-0.05, 0) is 79.9 Å². The third-order valence-electron chi connectivity index (χ3n) is 7.23. The Morgan fingerprint density at radius 1 is 0.781 bits per heavy atom. The monoisotopic (exact) mass is 444 g/mol. The highest BCUT2D eigenvalue weighted by molar-refractivity contribution is 5.66. The highest BCUT2D eigenvalue weighted by Gasteiger charge is 2.36. The second kappa shape index (κ2) is 9.51. The Labute approximate surface area is 186 Å². The molecule has 4 atom stereocenters. The van der Waals surface area contributed by atoms with Crippen LogP contribution in [-0.2, 0) is 0 Å². The van der Waals surface area contributed by atoms with Gasteiger partial charge in [0.05, 0.1) is 0 Å². The van der Waals surface area contributed by atoms with Gasteiger partial charge in [0.1, 0.15) is 6.61 Å². The molecule has 32 heavy (non-hydrogen) atoms. The summed E-state index contributed by atoms with van der Waals surface area (Å²) in [7, 11) is 0. The van der Waals surface area contributed by atoms with Gasteiger partial charge in [0.15, 0.2) is 23.2 Å². The fourth-order valence-corrected chi connectivity index (χ4v) is 5.51. The predicted octanol–water partition coefficient (Wildman–Crippen LogP) is 7.96. The number of ether oxygens (including phenoxy) is 1. The number of hydrogen-bond acceptors (Lipinski definition) is 1. The van der Waals surface area contributed by atoms with E-state index in [4.69, 9.17) is 4.74 Å². The van der Waals surface area contributed by atoms with E-state index >= 15 is 8.78 Å². The molecule has 0 saturated heterocycles. The van der Waals surface area contributed by atoms with Crippen molar-refractivity contribution in [1.82, 2.24) is 0 Å². The average molecular weight is 445 g/mol. The second-order valence-electron chi connectivity index (χ2n) is 9.01. The minimum absolute atomic E-state index is 0.00484. The van der Waals surface area contributed by atoms with Gasteiger partial charge in [0, 0.05) is 11.1 Å². The molecule has 0 N–H and O–H groups in total. The maximum atomic E-state index is 15.1. The number of allylic oxidation sites excluding steroid dienone is 1. The first-order chi connectivity index (χ1) is 15.4. The summed E-state index contributed by atoms with van der Waals surface area (Å²) >= 11 is 0. The van der Waals surface area contributed by atoms with Gasteiger partial charge in [-0.25, -0.2) is 13.2 Å². The number of fused-ring (bicyclic) bond motifs is 1. The van der Waals surface area contributed by atoms with Crippen molar-refractivity contribution >= 4 is 0 Å². The zero-order valence-electron chi connectivity index (χ0n) is 18.1. The molecular formula is C27H28F4O. The van der Waals surface area contributed by atoms with Crippen LogP contribution in [0.25, 0.3) is 11.1 Å². The van der Waals surface area contributed by atoms with Gasteiger partial charge >= 0.3 is 0 Å². The first-order valence-electron chi connectivity index (χ1n) is 11.3. The van der Waals surface area contributed by atoms with Crippen molar-refractivity contribution in [3.05, 3.63) is 78.4 Å². The van der Waals surface area contributed by atoms with Crippen molar-refractivity contribution in [3.8, 4) is 16.9 Å². The lowest BCUT2D eigenvalue weighted by atomic mass is 9.64. The lowest BCUT2D eigenvalue weighted by Gasteiger charge is -2.41. The van der Waals surface area contributed by atoms with Gasteiger partial charge in [-0.2, -0.15) is 4.39 Å². The smallest absolute Gasteiger partial charge is 0.201 e. The van der Waals surface area contributed by atoms with Crippen molar-refractivity contribution in [2.45, 2.75) is 44.4 Å². The van der Waals surface area contributed by atoms with Gasteiger partial charge in [-0.3, -0.25) is 0 Å². The van der Waals surface area contributed by atoms with Crippen LogP contribution in [0.15, 0.2) is 49.6 Å². The molecule has 2 aliphatic carbocycles. The van der Waals surface area contributed by atoms with Crippen LogP contribution in [0.5, 0.6) is 5.75 Å². The first-order valence-corrected chi connectivity index (χ1v) is 11.3. The Hall–Kier alpha value is -2.56. The van der Waals surface area contributed by atoms with Crippen molar-refractivity contribution in [2.75, 3.05) is 6.61 Å². The molecule has 0 aliphatic heterocycles. The molecule has 0 amide bonds. The van der Waals surface area contributed by atoms with Crippen LogP contribution in [0.3, 0.4) is 0 Å². The number of rotatable bonds is 6. The lowest BCUT2D eigenvalue weighted by molar-refractivity contribution is 0.132. The van der Waals surface area contributed by atoms with Crippen LogP contribution in [0.2, 0.25) is 0 Å². The van der Waals surface area contributed by atoms with E-state index in [2.05, 4.69) is 13.2 Å². The summed E-state index contributed by atoms with van der Waals surface area (Å²) in [6.45, 7) is 7.38. The van der Waals surface area contributed by atoms with E-state index in [1.807, 2.05) is 6.08 Å². The van der Waals surface area contributed by atoms with Crippen LogP contribution in [0, 0.1) is 41.0 Å². The van der Waals surface area contributed by atoms with Crippen LogP contribution in [0.4, 0.5) is 17.6 Å². The Bertz CT molecular complexity index is 1020. The lowest BCUT2D eigenvalue weighted by Crippen LogP contribution is -2.30. The summed E-state index contributed by atoms with van der Waals surface area (Å²) in [5.74, 6) is -3.27. The largest absolute Gasteiger partial charge is 0.486 e. The third kappa shape index (κ3) is 4.22. The Kier molecular flexibility index (Phi) is 6.73. The highest BCUT2D eigenvalue weighted by atomic mass is 19.2. The van der Waals surface area contributed by atoms with Gasteiger partial charge in [-0.15, -0.1) is 6.58 Å². The molecule has 0 spiro atoms. The Morgan fingerprint density at radius 3 is 2.16 bits per heavy atom. The summed E-state index contributed by atoms with van der Waals surface area (Å²) in [5, 5.41) is 0. The van der Waals surface area contributed by atoms with Crippen molar-refractivity contribution < 1.29 is 22.3 Å². The minimum Gasteiger partial charge on any atom is -0.486 e. The summed E-state index contributed by atoms with van der Waals surface area (Å²) in [6, 6.07) is 5.31. The second-order valence-corrected chi connectivity index (χ2v) is 9.01. The van der Waals surface area contributed by atoms with Crippen LogP contribution in [0.1, 0.15) is 50.0 Å². The summed E-state index contributed by atoms with van der Waals surface area (Å²) in [6.07, 6.45) is 9.40. The average Bonchev–Trinajstić information content (AvgIpc) is 2.81. The third-order valence-corrected chi connectivity index (χ3v) is 7.23. The molecule has 2 saturated carbocycles. The van der Waals surface area contributed by atoms with E-state index < -0.39 is 23.3 Å².